The summed E-state index contributed by atoms with van der Waals surface area (Å²) in [7, 11) is 4.14. The predicted molar refractivity (Wildman–Crippen MR) is 112 cm³/mol. The van der Waals surface area contributed by atoms with Crippen molar-refractivity contribution in [2.75, 3.05) is 14.1 Å². The van der Waals surface area contributed by atoms with Gasteiger partial charge < -0.3 is 9.64 Å². The summed E-state index contributed by atoms with van der Waals surface area (Å²) in [6.45, 7) is 0.942. The van der Waals surface area contributed by atoms with Crippen LogP contribution in [-0.2, 0) is 22.5 Å². The highest BCUT2D eigenvalue weighted by Gasteiger charge is 2.25. The van der Waals surface area contributed by atoms with Gasteiger partial charge in [0.25, 0.3) is 5.69 Å². The Labute approximate surface area is 171 Å². The Kier molecular flexibility index (Phi) is 6.99. The van der Waals surface area contributed by atoms with Gasteiger partial charge in [-0.15, -0.1) is 0 Å². The molecule has 0 aromatic heterocycles. The maximum Gasteiger partial charge on any atom is 0.310 e. The fourth-order valence-electron chi connectivity index (χ4n) is 3.90. The number of nitrogens with zero attached hydrogens (tertiary/aromatic N) is 2. The van der Waals surface area contributed by atoms with Gasteiger partial charge in [0.05, 0.1) is 11.3 Å². The maximum atomic E-state index is 12.2. The van der Waals surface area contributed by atoms with Crippen LogP contribution in [-0.4, -0.2) is 36.0 Å². The molecule has 2 aromatic rings. The van der Waals surface area contributed by atoms with Crippen molar-refractivity contribution in [3.8, 4) is 0 Å². The summed E-state index contributed by atoms with van der Waals surface area (Å²) in [6.07, 6.45) is 3.88. The van der Waals surface area contributed by atoms with Crippen molar-refractivity contribution >= 4 is 11.7 Å². The van der Waals surface area contributed by atoms with Crippen LogP contribution in [0.1, 0.15) is 48.3 Å². The molecule has 2 aromatic carbocycles. The third-order valence-corrected chi connectivity index (χ3v) is 5.42. The van der Waals surface area contributed by atoms with Crippen molar-refractivity contribution in [3.63, 3.8) is 0 Å². The highest BCUT2D eigenvalue weighted by Crippen LogP contribution is 2.34. The second-order valence-electron chi connectivity index (χ2n) is 8.04. The van der Waals surface area contributed by atoms with Crippen LogP contribution in [0, 0.1) is 10.1 Å². The molecule has 0 bridgehead atoms. The van der Waals surface area contributed by atoms with Crippen LogP contribution in [0.5, 0.6) is 0 Å². The minimum Gasteiger partial charge on any atom is -0.462 e. The molecule has 0 aliphatic heterocycles. The molecule has 6 nitrogen and oxygen atoms in total. The average molecular weight is 396 g/mol. The Morgan fingerprint density at radius 1 is 1.00 bits per heavy atom. The van der Waals surface area contributed by atoms with E-state index in [1.807, 2.05) is 0 Å². The summed E-state index contributed by atoms with van der Waals surface area (Å²) in [5.74, 6) is 0.253. The average Bonchev–Trinajstić information content (AvgIpc) is 2.69. The van der Waals surface area contributed by atoms with Crippen LogP contribution in [0.3, 0.4) is 0 Å². The van der Waals surface area contributed by atoms with E-state index in [-0.39, 0.29) is 24.2 Å². The lowest BCUT2D eigenvalue weighted by molar-refractivity contribution is -0.384. The van der Waals surface area contributed by atoms with Crippen LogP contribution in [0.2, 0.25) is 0 Å². The number of rotatable bonds is 7. The van der Waals surface area contributed by atoms with Crippen molar-refractivity contribution in [3.05, 3.63) is 75.3 Å². The van der Waals surface area contributed by atoms with Gasteiger partial charge in [0, 0.05) is 18.7 Å². The van der Waals surface area contributed by atoms with E-state index in [1.165, 1.54) is 23.3 Å². The van der Waals surface area contributed by atoms with Crippen LogP contribution < -0.4 is 0 Å². The minimum absolute atomic E-state index is 0.0233. The van der Waals surface area contributed by atoms with E-state index in [2.05, 4.69) is 43.3 Å². The molecule has 0 amide bonds. The van der Waals surface area contributed by atoms with Gasteiger partial charge in [-0.3, -0.25) is 14.9 Å². The standard InChI is InChI=1S/C23H28N2O4/c1-24(2)16-18-3-7-19(8-4-18)20-9-13-22(14-10-20)29-23(26)15-17-5-11-21(12-6-17)25(27)28/h3-8,11-12,20,22H,9-10,13-16H2,1-2H3/t20-,22-. The van der Waals surface area contributed by atoms with Crippen molar-refractivity contribution in [2.24, 2.45) is 0 Å². The molecule has 0 saturated heterocycles. The minimum atomic E-state index is -0.448. The largest absolute Gasteiger partial charge is 0.462 e. The summed E-state index contributed by atoms with van der Waals surface area (Å²) in [5, 5.41) is 10.7. The molecule has 0 radical (unpaired) electrons. The first-order valence-electron chi connectivity index (χ1n) is 10.1. The summed E-state index contributed by atoms with van der Waals surface area (Å²) in [4.78, 5) is 24.6. The summed E-state index contributed by atoms with van der Waals surface area (Å²) in [5.41, 5.74) is 3.43. The van der Waals surface area contributed by atoms with Crippen LogP contribution in [0.4, 0.5) is 5.69 Å². The maximum absolute atomic E-state index is 12.2. The van der Waals surface area contributed by atoms with Gasteiger partial charge in [-0.2, -0.15) is 0 Å². The molecule has 29 heavy (non-hydrogen) atoms. The van der Waals surface area contributed by atoms with E-state index in [4.69, 9.17) is 4.74 Å². The summed E-state index contributed by atoms with van der Waals surface area (Å²) < 4.78 is 5.64. The van der Waals surface area contributed by atoms with Gasteiger partial charge in [0.1, 0.15) is 6.10 Å². The zero-order chi connectivity index (χ0) is 20.8. The Balaban J connectivity index is 1.45. The van der Waals surface area contributed by atoms with Crippen molar-refractivity contribution in [2.45, 2.75) is 50.7 Å². The molecule has 6 heteroatoms. The molecule has 0 N–H and O–H groups in total. The summed E-state index contributed by atoms with van der Waals surface area (Å²) in [6, 6.07) is 14.9. The van der Waals surface area contributed by atoms with E-state index in [9.17, 15) is 14.9 Å². The zero-order valence-corrected chi connectivity index (χ0v) is 17.0. The van der Waals surface area contributed by atoms with Crippen LogP contribution >= 0.6 is 0 Å². The number of carbonyl (C=O) groups is 1. The molecule has 1 aliphatic rings. The number of ether oxygens (including phenoxy) is 1. The molecule has 0 atom stereocenters. The first-order valence-corrected chi connectivity index (χ1v) is 10.1. The van der Waals surface area contributed by atoms with Gasteiger partial charge in [-0.1, -0.05) is 36.4 Å². The van der Waals surface area contributed by atoms with E-state index in [0.29, 0.717) is 5.92 Å². The quantitative estimate of drug-likeness (QED) is 0.392. The number of benzene rings is 2. The summed E-state index contributed by atoms with van der Waals surface area (Å²) >= 11 is 0. The second-order valence-corrected chi connectivity index (χ2v) is 8.04. The highest BCUT2D eigenvalue weighted by atomic mass is 16.6. The third kappa shape index (κ3) is 6.12. The lowest BCUT2D eigenvalue weighted by Crippen LogP contribution is -2.24. The molecule has 1 aliphatic carbocycles. The lowest BCUT2D eigenvalue weighted by Gasteiger charge is -2.28. The van der Waals surface area contributed by atoms with Gasteiger partial charge in [-0.25, -0.2) is 0 Å². The van der Waals surface area contributed by atoms with E-state index >= 15 is 0 Å². The van der Waals surface area contributed by atoms with Gasteiger partial charge in [0.15, 0.2) is 0 Å². The monoisotopic (exact) mass is 396 g/mol. The Hall–Kier alpha value is -2.73. The van der Waals surface area contributed by atoms with Crippen molar-refractivity contribution in [1.82, 2.24) is 4.90 Å². The zero-order valence-electron chi connectivity index (χ0n) is 17.0. The molecule has 0 heterocycles. The SMILES string of the molecule is CN(C)Cc1ccc([C@H]2CC[C@H](OC(=O)Cc3ccc([N+](=O)[O-])cc3)CC2)cc1. The second kappa shape index (κ2) is 9.65. The molecule has 3 rings (SSSR count). The first-order chi connectivity index (χ1) is 13.9. The molecule has 154 valence electrons. The Bertz CT molecular complexity index is 823. The number of nitro groups is 1. The molecule has 1 saturated carbocycles. The third-order valence-electron chi connectivity index (χ3n) is 5.42. The number of carbonyl (C=O) groups excluding carboxylic acids is 1. The molecular weight excluding hydrogens is 368 g/mol. The highest BCUT2D eigenvalue weighted by molar-refractivity contribution is 5.72. The van der Waals surface area contributed by atoms with E-state index < -0.39 is 4.92 Å². The van der Waals surface area contributed by atoms with Gasteiger partial charge >= 0.3 is 5.97 Å². The van der Waals surface area contributed by atoms with E-state index in [1.54, 1.807) is 12.1 Å². The number of hydrogen-bond donors (Lipinski definition) is 0. The first kappa shape index (κ1) is 21.0. The van der Waals surface area contributed by atoms with Crippen molar-refractivity contribution < 1.29 is 14.5 Å². The lowest BCUT2D eigenvalue weighted by atomic mass is 9.82. The molecule has 1 fully saturated rings. The topological polar surface area (TPSA) is 72.7 Å². The Morgan fingerprint density at radius 2 is 1.59 bits per heavy atom. The predicted octanol–water partition coefficient (Wildman–Crippen LogP) is 4.47. The molecule has 0 spiro atoms. The van der Waals surface area contributed by atoms with E-state index in [0.717, 1.165) is 37.8 Å². The van der Waals surface area contributed by atoms with Crippen LogP contribution in [0.25, 0.3) is 0 Å². The van der Waals surface area contributed by atoms with Crippen molar-refractivity contribution in [1.29, 1.82) is 0 Å². The number of nitro benzene ring substituents is 1. The fraction of sp³-hybridized carbons (Fsp3) is 0.435. The normalized spacial score (nSPS) is 19.1. The molecule has 0 unspecified atom stereocenters. The van der Waals surface area contributed by atoms with Gasteiger partial charge in [0.2, 0.25) is 0 Å². The number of hydrogen-bond acceptors (Lipinski definition) is 5. The van der Waals surface area contributed by atoms with Gasteiger partial charge in [-0.05, 0) is 62.4 Å². The Morgan fingerprint density at radius 3 is 2.14 bits per heavy atom. The number of esters is 1. The van der Waals surface area contributed by atoms with Crippen LogP contribution in [0.15, 0.2) is 48.5 Å². The molecular formula is C23H28N2O4. The fourth-order valence-corrected chi connectivity index (χ4v) is 3.90. The number of non-ortho nitro benzene ring substituents is 1. The smallest absolute Gasteiger partial charge is 0.310 e.